The van der Waals surface area contributed by atoms with Crippen LogP contribution in [0.3, 0.4) is 0 Å². The molecule has 0 saturated heterocycles. The quantitative estimate of drug-likeness (QED) is 0.520. The molecule has 0 aliphatic rings. The molecule has 0 rings (SSSR count). The number of methoxy groups -OCH3 is 1. The maximum absolute atomic E-state index is 13.9. The SMILES string of the molecule is CC.COCCOCCOCCOC(C)(C)C(F)CNC(C)=O. The maximum Gasteiger partial charge on any atom is 0.216 e. The van der Waals surface area contributed by atoms with Crippen LogP contribution in [0, 0.1) is 0 Å². The van der Waals surface area contributed by atoms with E-state index in [4.69, 9.17) is 18.9 Å². The van der Waals surface area contributed by atoms with E-state index in [-0.39, 0.29) is 19.1 Å². The molecule has 0 aromatic carbocycles. The van der Waals surface area contributed by atoms with Crippen molar-refractivity contribution in [3.05, 3.63) is 0 Å². The lowest BCUT2D eigenvalue weighted by molar-refractivity contribution is -0.120. The molecule has 0 saturated carbocycles. The van der Waals surface area contributed by atoms with Crippen molar-refractivity contribution in [1.29, 1.82) is 0 Å². The van der Waals surface area contributed by atoms with Gasteiger partial charge in [0.1, 0.15) is 6.17 Å². The van der Waals surface area contributed by atoms with Gasteiger partial charge in [-0.1, -0.05) is 13.8 Å². The van der Waals surface area contributed by atoms with E-state index in [0.717, 1.165) is 0 Å². The van der Waals surface area contributed by atoms with Gasteiger partial charge in [-0.25, -0.2) is 4.39 Å². The van der Waals surface area contributed by atoms with Gasteiger partial charge in [0, 0.05) is 14.0 Å². The Morgan fingerprint density at radius 1 is 1.04 bits per heavy atom. The lowest BCUT2D eigenvalue weighted by atomic mass is 10.0. The Balaban J connectivity index is 0. The van der Waals surface area contributed by atoms with E-state index in [9.17, 15) is 9.18 Å². The van der Waals surface area contributed by atoms with Crippen molar-refractivity contribution in [1.82, 2.24) is 5.32 Å². The highest BCUT2D eigenvalue weighted by molar-refractivity contribution is 5.72. The predicted octanol–water partition coefficient (Wildman–Crippen LogP) is 1.96. The number of carbonyl (C=O) groups is 1. The number of alkyl halides is 1. The second kappa shape index (κ2) is 16.1. The van der Waals surface area contributed by atoms with Crippen molar-refractivity contribution in [2.45, 2.75) is 46.4 Å². The van der Waals surface area contributed by atoms with Crippen LogP contribution in [-0.2, 0) is 23.7 Å². The lowest BCUT2D eigenvalue weighted by Crippen LogP contribution is -2.44. The molecule has 0 aromatic heterocycles. The van der Waals surface area contributed by atoms with Crippen molar-refractivity contribution in [3.63, 3.8) is 0 Å². The number of hydrogen-bond donors (Lipinski definition) is 1. The van der Waals surface area contributed by atoms with Crippen LogP contribution in [0.15, 0.2) is 0 Å². The summed E-state index contributed by atoms with van der Waals surface area (Å²) in [7, 11) is 1.61. The van der Waals surface area contributed by atoms with Gasteiger partial charge < -0.3 is 24.3 Å². The molecule has 23 heavy (non-hydrogen) atoms. The van der Waals surface area contributed by atoms with Gasteiger partial charge in [0.15, 0.2) is 0 Å². The minimum absolute atomic E-state index is 0.0590. The highest BCUT2D eigenvalue weighted by atomic mass is 19.1. The maximum atomic E-state index is 13.9. The summed E-state index contributed by atoms with van der Waals surface area (Å²) in [6, 6.07) is 0. The molecule has 1 amide bonds. The summed E-state index contributed by atoms with van der Waals surface area (Å²) in [5.74, 6) is -0.259. The summed E-state index contributed by atoms with van der Waals surface area (Å²) in [5.41, 5.74) is -0.971. The molecule has 6 nitrogen and oxygen atoms in total. The van der Waals surface area contributed by atoms with Gasteiger partial charge in [-0.05, 0) is 13.8 Å². The Kier molecular flexibility index (Phi) is 17.2. The molecule has 0 heterocycles. The molecule has 0 fully saturated rings. The topological polar surface area (TPSA) is 66.0 Å². The molecule has 0 bridgehead atoms. The highest BCUT2D eigenvalue weighted by Gasteiger charge is 2.30. The number of hydrogen-bond acceptors (Lipinski definition) is 5. The van der Waals surface area contributed by atoms with Crippen LogP contribution in [0.5, 0.6) is 0 Å². The van der Waals surface area contributed by atoms with Gasteiger partial charge in [0.25, 0.3) is 0 Å². The monoisotopic (exact) mass is 339 g/mol. The molecule has 1 unspecified atom stereocenters. The van der Waals surface area contributed by atoms with E-state index in [0.29, 0.717) is 33.0 Å². The molecule has 0 aromatic rings. The molecule has 0 spiro atoms. The zero-order valence-corrected chi connectivity index (χ0v) is 15.4. The fourth-order valence-electron chi connectivity index (χ4n) is 1.40. The zero-order valence-electron chi connectivity index (χ0n) is 15.4. The van der Waals surface area contributed by atoms with Crippen LogP contribution in [-0.4, -0.2) is 71.0 Å². The minimum Gasteiger partial charge on any atom is -0.382 e. The average molecular weight is 339 g/mol. The Labute approximate surface area is 140 Å². The predicted molar refractivity (Wildman–Crippen MR) is 88.5 cm³/mol. The summed E-state index contributed by atoms with van der Waals surface area (Å²) in [6.07, 6.45) is -1.28. The van der Waals surface area contributed by atoms with Gasteiger partial charge in [-0.15, -0.1) is 0 Å². The molecule has 140 valence electrons. The largest absolute Gasteiger partial charge is 0.382 e. The number of carbonyl (C=O) groups excluding carboxylic acids is 1. The van der Waals surface area contributed by atoms with E-state index in [1.165, 1.54) is 6.92 Å². The van der Waals surface area contributed by atoms with Gasteiger partial charge in [0.05, 0.1) is 51.8 Å². The molecule has 1 N–H and O–H groups in total. The van der Waals surface area contributed by atoms with Crippen molar-refractivity contribution in [2.24, 2.45) is 0 Å². The summed E-state index contributed by atoms with van der Waals surface area (Å²) >= 11 is 0. The number of rotatable bonds is 13. The van der Waals surface area contributed by atoms with E-state index in [1.807, 2.05) is 13.8 Å². The summed E-state index contributed by atoms with van der Waals surface area (Å²) < 4.78 is 34.7. The fourth-order valence-corrected chi connectivity index (χ4v) is 1.40. The first-order valence-corrected chi connectivity index (χ1v) is 8.07. The second-order valence-electron chi connectivity index (χ2n) is 5.07. The third-order valence-corrected chi connectivity index (χ3v) is 2.79. The highest BCUT2D eigenvalue weighted by Crippen LogP contribution is 2.17. The van der Waals surface area contributed by atoms with E-state index < -0.39 is 11.8 Å². The van der Waals surface area contributed by atoms with Crippen LogP contribution < -0.4 is 5.32 Å². The Bertz CT molecular complexity index is 277. The number of nitrogens with one attached hydrogen (secondary N) is 1. The number of halogens is 1. The first-order chi connectivity index (χ1) is 10.9. The van der Waals surface area contributed by atoms with E-state index in [2.05, 4.69) is 5.32 Å². The van der Waals surface area contributed by atoms with Gasteiger partial charge in [0.2, 0.25) is 5.91 Å². The Morgan fingerprint density at radius 3 is 2.00 bits per heavy atom. The van der Waals surface area contributed by atoms with E-state index >= 15 is 0 Å². The lowest BCUT2D eigenvalue weighted by Gasteiger charge is -2.29. The normalized spacial score (nSPS) is 12.3. The number of ether oxygens (including phenoxy) is 4. The summed E-state index contributed by atoms with van der Waals surface area (Å²) in [5, 5.41) is 2.43. The summed E-state index contributed by atoms with van der Waals surface area (Å²) in [4.78, 5) is 10.7. The zero-order chi connectivity index (χ0) is 18.1. The van der Waals surface area contributed by atoms with Gasteiger partial charge in [-0.3, -0.25) is 4.79 Å². The first-order valence-electron chi connectivity index (χ1n) is 8.07. The third kappa shape index (κ3) is 15.9. The van der Waals surface area contributed by atoms with Crippen LogP contribution in [0.25, 0.3) is 0 Å². The fraction of sp³-hybridized carbons (Fsp3) is 0.938. The molecular weight excluding hydrogens is 305 g/mol. The number of amides is 1. The third-order valence-electron chi connectivity index (χ3n) is 2.79. The Morgan fingerprint density at radius 2 is 1.52 bits per heavy atom. The average Bonchev–Trinajstić information content (AvgIpc) is 2.52. The van der Waals surface area contributed by atoms with Crippen molar-refractivity contribution >= 4 is 5.91 Å². The second-order valence-corrected chi connectivity index (χ2v) is 5.07. The molecule has 7 heteroatoms. The smallest absolute Gasteiger partial charge is 0.216 e. The van der Waals surface area contributed by atoms with Gasteiger partial charge >= 0.3 is 0 Å². The summed E-state index contributed by atoms with van der Waals surface area (Å²) in [6.45, 7) is 11.3. The molecule has 0 aliphatic carbocycles. The van der Waals surface area contributed by atoms with Crippen molar-refractivity contribution < 1.29 is 28.1 Å². The molecular formula is C16H34FNO5. The van der Waals surface area contributed by atoms with Crippen molar-refractivity contribution in [2.75, 3.05) is 53.3 Å². The minimum atomic E-state index is -1.28. The first kappa shape index (κ1) is 24.5. The molecule has 1 atom stereocenters. The van der Waals surface area contributed by atoms with Crippen LogP contribution in [0.4, 0.5) is 4.39 Å². The molecule has 0 aliphatic heterocycles. The Hall–Kier alpha value is -0.760. The van der Waals surface area contributed by atoms with Gasteiger partial charge in [-0.2, -0.15) is 0 Å². The standard InChI is InChI=1S/C14H28FNO5.C2H6/c1-12(17)16-11-13(15)14(2,3)21-10-9-20-8-7-19-6-5-18-4;1-2/h13H,5-11H2,1-4H3,(H,16,17);1-2H3. The van der Waals surface area contributed by atoms with Crippen molar-refractivity contribution in [3.8, 4) is 0 Å². The van der Waals surface area contributed by atoms with Crippen LogP contribution in [0.2, 0.25) is 0 Å². The van der Waals surface area contributed by atoms with Crippen LogP contribution >= 0.6 is 0 Å². The van der Waals surface area contributed by atoms with Crippen LogP contribution in [0.1, 0.15) is 34.6 Å². The molecule has 0 radical (unpaired) electrons. The van der Waals surface area contributed by atoms with E-state index in [1.54, 1.807) is 21.0 Å².